The van der Waals surface area contributed by atoms with Gasteiger partial charge in [0.15, 0.2) is 0 Å². The molecule has 0 bridgehead atoms. The fourth-order valence-corrected chi connectivity index (χ4v) is 9.73. The van der Waals surface area contributed by atoms with E-state index in [1.807, 2.05) is 67.6 Å². The number of rotatable bonds is 9. The molecule has 4 aromatic heterocycles. The van der Waals surface area contributed by atoms with E-state index in [0.717, 1.165) is 71.8 Å². The lowest BCUT2D eigenvalue weighted by Crippen LogP contribution is -2.54. The molecule has 2 aliphatic heterocycles. The number of carbonyl (C=O) groups excluding carboxylic acids is 1. The van der Waals surface area contributed by atoms with Crippen LogP contribution in [0.5, 0.6) is 5.75 Å². The average Bonchev–Trinajstić information content (AvgIpc) is 3.93. The normalized spacial score (nSPS) is 16.1. The summed E-state index contributed by atoms with van der Waals surface area (Å²) < 4.78 is 12.4. The van der Waals surface area contributed by atoms with Crippen LogP contribution in [0.2, 0.25) is 10.0 Å². The van der Waals surface area contributed by atoms with Crippen molar-refractivity contribution in [2.45, 2.75) is 52.6 Å². The van der Waals surface area contributed by atoms with Crippen molar-refractivity contribution in [3.8, 4) is 16.9 Å². The van der Waals surface area contributed by atoms with Gasteiger partial charge in [-0.05, 0) is 87.6 Å². The van der Waals surface area contributed by atoms with E-state index in [1.165, 1.54) is 11.3 Å². The maximum absolute atomic E-state index is 15.4. The van der Waals surface area contributed by atoms with Crippen molar-refractivity contribution in [1.29, 1.82) is 0 Å². The van der Waals surface area contributed by atoms with E-state index in [9.17, 15) is 9.90 Å². The quantitative estimate of drug-likeness (QED) is 0.147. The monoisotopic (exact) mass is 777 g/mol. The van der Waals surface area contributed by atoms with Crippen LogP contribution in [-0.2, 0) is 25.6 Å². The Kier molecular flexibility index (Phi) is 8.04. The summed E-state index contributed by atoms with van der Waals surface area (Å²) in [5.74, 6) is -0.424. The summed E-state index contributed by atoms with van der Waals surface area (Å²) in [6, 6.07) is 15.3. The third-order valence-corrected chi connectivity index (χ3v) is 12.9. The number of hydrogen-bond acceptors (Lipinski definition) is 5. The number of carboxylic acids is 1. The van der Waals surface area contributed by atoms with E-state index in [2.05, 4.69) is 40.2 Å². The Morgan fingerprint density at radius 2 is 1.83 bits per heavy atom. The first-order valence-corrected chi connectivity index (χ1v) is 19.6. The second-order valence-electron chi connectivity index (χ2n) is 14.7. The number of amides is 1. The van der Waals surface area contributed by atoms with Gasteiger partial charge in [0.05, 0.1) is 58.2 Å². The lowest BCUT2D eigenvalue weighted by Gasteiger charge is -2.45. The van der Waals surface area contributed by atoms with E-state index >= 15 is 4.79 Å². The van der Waals surface area contributed by atoms with Gasteiger partial charge in [-0.2, -0.15) is 0 Å². The van der Waals surface area contributed by atoms with E-state index in [1.54, 1.807) is 16.1 Å². The minimum Gasteiger partial charge on any atom is -0.494 e. The molecule has 0 unspecified atom stereocenters. The first-order chi connectivity index (χ1) is 25.9. The largest absolute Gasteiger partial charge is 0.494 e. The summed E-state index contributed by atoms with van der Waals surface area (Å²) >= 11 is 15.0. The van der Waals surface area contributed by atoms with Crippen molar-refractivity contribution in [2.24, 2.45) is 7.05 Å². The first-order valence-electron chi connectivity index (χ1n) is 17.9. The highest BCUT2D eigenvalue weighted by molar-refractivity contribution is 7.07. The summed E-state index contributed by atoms with van der Waals surface area (Å²) in [4.78, 5) is 34.3. The van der Waals surface area contributed by atoms with Crippen LogP contribution in [0.4, 0.5) is 5.69 Å². The number of anilines is 1. The number of carboxylic acid groups (broad SMARTS) is 1. The topological polar surface area (TPSA) is 94.5 Å². The fraction of sp³-hybridized carbons (Fsp3) is 0.262. The predicted molar refractivity (Wildman–Crippen MR) is 215 cm³/mol. The lowest BCUT2D eigenvalue weighted by atomic mass is 9.81. The molecule has 2 aliphatic rings. The van der Waals surface area contributed by atoms with Crippen molar-refractivity contribution in [1.82, 2.24) is 18.7 Å². The molecule has 0 saturated carbocycles. The third-order valence-electron chi connectivity index (χ3n) is 11.4. The molecule has 1 amide bonds. The van der Waals surface area contributed by atoms with Gasteiger partial charge in [0.1, 0.15) is 17.1 Å². The minimum absolute atomic E-state index is 0.139. The Labute approximate surface area is 325 Å². The van der Waals surface area contributed by atoms with Crippen LogP contribution in [0, 0.1) is 20.8 Å². The highest BCUT2D eigenvalue weighted by Crippen LogP contribution is 2.54. The van der Waals surface area contributed by atoms with Crippen molar-refractivity contribution < 1.29 is 19.4 Å². The van der Waals surface area contributed by atoms with Crippen LogP contribution >= 0.6 is 34.5 Å². The minimum atomic E-state index is -1.04. The Morgan fingerprint density at radius 1 is 1.06 bits per heavy atom. The number of halogens is 2. The summed E-state index contributed by atoms with van der Waals surface area (Å²) in [6.07, 6.45) is 3.42. The van der Waals surface area contributed by atoms with Crippen LogP contribution in [0.15, 0.2) is 65.6 Å². The van der Waals surface area contributed by atoms with Gasteiger partial charge in [-0.15, -0.1) is 11.3 Å². The second-order valence-corrected chi connectivity index (χ2v) is 16.2. The fourth-order valence-electron chi connectivity index (χ4n) is 8.82. The van der Waals surface area contributed by atoms with Crippen LogP contribution in [0.25, 0.3) is 32.9 Å². The Morgan fingerprint density at radius 3 is 2.56 bits per heavy atom. The molecule has 54 heavy (non-hydrogen) atoms. The zero-order valence-electron chi connectivity index (χ0n) is 30.5. The van der Waals surface area contributed by atoms with Gasteiger partial charge in [0.25, 0.3) is 5.91 Å². The maximum Gasteiger partial charge on any atom is 0.352 e. The summed E-state index contributed by atoms with van der Waals surface area (Å²) in [7, 11) is 2.04. The van der Waals surface area contributed by atoms with E-state index < -0.39 is 11.5 Å². The van der Waals surface area contributed by atoms with E-state index in [-0.39, 0.29) is 18.1 Å². The number of aromatic carboxylic acids is 1. The molecular formula is C42H37Cl2N5O4S. The van der Waals surface area contributed by atoms with E-state index in [4.69, 9.17) is 27.9 Å². The third kappa shape index (κ3) is 4.99. The molecular weight excluding hydrogens is 741 g/mol. The van der Waals surface area contributed by atoms with Gasteiger partial charge in [-0.3, -0.25) is 4.79 Å². The number of aryl methyl sites for hydroxylation is 4. The molecule has 0 aliphatic carbocycles. The number of para-hydroxylation sites is 1. The van der Waals surface area contributed by atoms with Crippen molar-refractivity contribution in [2.75, 3.05) is 18.1 Å². The molecule has 9 nitrogen and oxygen atoms in total. The number of ether oxygens (including phenoxy) is 1. The molecule has 0 saturated heterocycles. The highest BCUT2D eigenvalue weighted by Gasteiger charge is 2.50. The van der Waals surface area contributed by atoms with Crippen molar-refractivity contribution in [3.05, 3.63) is 121 Å². The summed E-state index contributed by atoms with van der Waals surface area (Å²) in [6.45, 7) is 9.29. The molecule has 274 valence electrons. The molecule has 0 spiro atoms. The predicted octanol–water partition coefficient (Wildman–Crippen LogP) is 9.79. The number of fused-ring (bicyclic) bond motifs is 4. The van der Waals surface area contributed by atoms with E-state index in [0.29, 0.717) is 47.9 Å². The number of nitrogens with zero attached hydrogens (tertiary/aromatic N) is 5. The SMILES string of the molecule is Cc1cc(OCCCc2c3n4c5c(c(Cl)ccc25)-c2c(cn(C)c2C)[C@@]4(C)CN(c2cccc4cc(C(=O)O)n(Cc5cscn5)c24)C3=O)cc(C)c1Cl. The Bertz CT molecular complexity index is 2700. The molecule has 7 aromatic rings. The Balaban J connectivity index is 1.22. The molecule has 1 atom stereocenters. The van der Waals surface area contributed by atoms with Crippen molar-refractivity contribution in [3.63, 3.8) is 0 Å². The van der Waals surface area contributed by atoms with Crippen LogP contribution in [0.3, 0.4) is 0 Å². The average molecular weight is 779 g/mol. The zero-order valence-corrected chi connectivity index (χ0v) is 32.8. The van der Waals surface area contributed by atoms with Crippen LogP contribution in [-0.4, -0.2) is 48.8 Å². The van der Waals surface area contributed by atoms with Crippen LogP contribution in [0.1, 0.15) is 68.0 Å². The summed E-state index contributed by atoms with van der Waals surface area (Å²) in [5, 5.41) is 15.4. The zero-order chi connectivity index (χ0) is 37.8. The number of thiazole rings is 1. The molecule has 3 aromatic carbocycles. The number of benzene rings is 3. The standard InChI is InChI=1S/C42H37Cl2N5O4S/c1-22-14-27(15-23(2)36(22)44)53-13-7-9-28-29-11-12-31(43)35-34-24(3)46(5)18-30(34)42(4)20-48(40(50)39(28)49(42)38(29)35)32-10-6-8-25-16-33(41(51)52)47(37(25)32)17-26-19-54-21-45-26/h6,8,10-12,14-16,18-19,21H,7,9,13,17,20H2,1-5H3,(H,51,52)/t42-/m1/s1. The summed E-state index contributed by atoms with van der Waals surface area (Å²) in [5.41, 5.74) is 11.9. The number of carbonyl (C=O) groups is 2. The van der Waals surface area contributed by atoms with Crippen LogP contribution < -0.4 is 9.64 Å². The number of aromatic nitrogens is 4. The van der Waals surface area contributed by atoms with Gasteiger partial charge in [-0.1, -0.05) is 41.4 Å². The number of hydrogen-bond donors (Lipinski definition) is 1. The molecule has 0 radical (unpaired) electrons. The molecule has 6 heterocycles. The van der Waals surface area contributed by atoms with Gasteiger partial charge in [0.2, 0.25) is 0 Å². The van der Waals surface area contributed by atoms with Gasteiger partial charge in [0, 0.05) is 56.8 Å². The highest BCUT2D eigenvalue weighted by atomic mass is 35.5. The maximum atomic E-state index is 15.4. The van der Waals surface area contributed by atoms with Crippen molar-refractivity contribution >= 4 is 73.9 Å². The Hall–Kier alpha value is -5.03. The smallest absolute Gasteiger partial charge is 0.352 e. The second kappa shape index (κ2) is 12.5. The van der Waals surface area contributed by atoms with Gasteiger partial charge < -0.3 is 28.4 Å². The molecule has 12 heteroatoms. The molecule has 1 N–H and O–H groups in total. The van der Waals surface area contributed by atoms with Gasteiger partial charge >= 0.3 is 5.97 Å². The molecule has 9 rings (SSSR count). The first kappa shape index (κ1) is 34.7. The van der Waals surface area contributed by atoms with Gasteiger partial charge in [-0.25, -0.2) is 9.78 Å². The molecule has 0 fully saturated rings. The lowest BCUT2D eigenvalue weighted by molar-refractivity contribution is 0.0686.